The predicted molar refractivity (Wildman–Crippen MR) is 81.7 cm³/mol. The van der Waals surface area contributed by atoms with Crippen LogP contribution in [0.5, 0.6) is 0 Å². The van der Waals surface area contributed by atoms with E-state index in [1.807, 2.05) is 6.07 Å². The van der Waals surface area contributed by atoms with E-state index in [0.717, 1.165) is 36.8 Å². The third kappa shape index (κ3) is 2.69. The Hall–Kier alpha value is -2.14. The molecule has 0 saturated heterocycles. The van der Waals surface area contributed by atoms with Gasteiger partial charge in [-0.05, 0) is 66.0 Å². The first-order chi connectivity index (χ1) is 10.2. The summed E-state index contributed by atoms with van der Waals surface area (Å²) < 4.78 is 13.8. The van der Waals surface area contributed by atoms with E-state index in [2.05, 4.69) is 31.2 Å². The standard InChI is InChI=1S/C19H18FN/c1-2-13-3-5-14(6-4-13)15-7-8-16-10-18(12-21)19(20)11-17(16)9-15/h3-6,10-11,15H,2,7-9H2,1H3. The zero-order valence-electron chi connectivity index (χ0n) is 12.2. The Kier molecular flexibility index (Phi) is 3.75. The zero-order valence-corrected chi connectivity index (χ0v) is 12.2. The van der Waals surface area contributed by atoms with Gasteiger partial charge in [0.25, 0.3) is 0 Å². The number of benzene rings is 2. The number of aryl methyl sites for hydroxylation is 2. The molecule has 21 heavy (non-hydrogen) atoms. The van der Waals surface area contributed by atoms with E-state index >= 15 is 0 Å². The first-order valence-corrected chi connectivity index (χ1v) is 7.51. The molecule has 0 saturated carbocycles. The molecule has 0 amide bonds. The van der Waals surface area contributed by atoms with Gasteiger partial charge in [0.05, 0.1) is 5.56 Å². The summed E-state index contributed by atoms with van der Waals surface area (Å²) in [4.78, 5) is 0. The van der Waals surface area contributed by atoms with Crippen LogP contribution < -0.4 is 0 Å². The fourth-order valence-electron chi connectivity index (χ4n) is 3.17. The first kappa shape index (κ1) is 13.8. The molecule has 0 bridgehead atoms. The van der Waals surface area contributed by atoms with Crippen molar-refractivity contribution in [2.24, 2.45) is 0 Å². The number of nitrogens with zero attached hydrogens (tertiary/aromatic N) is 1. The summed E-state index contributed by atoms with van der Waals surface area (Å²) in [5.41, 5.74) is 5.04. The van der Waals surface area contributed by atoms with Gasteiger partial charge in [-0.2, -0.15) is 5.26 Å². The molecule has 1 aliphatic rings. The van der Waals surface area contributed by atoms with Crippen LogP contribution in [0, 0.1) is 17.1 Å². The van der Waals surface area contributed by atoms with Crippen molar-refractivity contribution in [2.45, 2.75) is 38.5 Å². The quantitative estimate of drug-likeness (QED) is 0.792. The Morgan fingerprint density at radius 3 is 2.62 bits per heavy atom. The molecule has 2 aromatic carbocycles. The van der Waals surface area contributed by atoms with Crippen molar-refractivity contribution < 1.29 is 4.39 Å². The number of hydrogen-bond acceptors (Lipinski definition) is 1. The minimum absolute atomic E-state index is 0.166. The number of rotatable bonds is 2. The summed E-state index contributed by atoms with van der Waals surface area (Å²) >= 11 is 0. The van der Waals surface area contributed by atoms with Crippen molar-refractivity contribution in [3.8, 4) is 6.07 Å². The number of hydrogen-bond donors (Lipinski definition) is 0. The normalized spacial score (nSPS) is 17.1. The highest BCUT2D eigenvalue weighted by molar-refractivity contribution is 5.42. The van der Waals surface area contributed by atoms with Gasteiger partial charge in [-0.1, -0.05) is 31.2 Å². The topological polar surface area (TPSA) is 23.8 Å². The molecule has 0 heterocycles. The lowest BCUT2D eigenvalue weighted by molar-refractivity contribution is 0.570. The fraction of sp³-hybridized carbons (Fsp3) is 0.316. The van der Waals surface area contributed by atoms with Gasteiger partial charge in [-0.25, -0.2) is 4.39 Å². The Bertz CT molecular complexity index is 695. The van der Waals surface area contributed by atoms with E-state index in [4.69, 9.17) is 5.26 Å². The zero-order chi connectivity index (χ0) is 14.8. The van der Waals surface area contributed by atoms with Crippen LogP contribution in [0.4, 0.5) is 4.39 Å². The summed E-state index contributed by atoms with van der Waals surface area (Å²) in [6, 6.07) is 14.0. The largest absolute Gasteiger partial charge is 0.206 e. The molecule has 0 spiro atoms. The van der Waals surface area contributed by atoms with Crippen molar-refractivity contribution in [1.29, 1.82) is 5.26 Å². The second-order valence-corrected chi connectivity index (χ2v) is 5.75. The highest BCUT2D eigenvalue weighted by Crippen LogP contribution is 2.33. The number of nitriles is 1. The summed E-state index contributed by atoms with van der Waals surface area (Å²) in [6.45, 7) is 2.15. The van der Waals surface area contributed by atoms with Crippen LogP contribution in [0.25, 0.3) is 0 Å². The van der Waals surface area contributed by atoms with Crippen molar-refractivity contribution in [2.75, 3.05) is 0 Å². The van der Waals surface area contributed by atoms with Crippen LogP contribution >= 0.6 is 0 Å². The van der Waals surface area contributed by atoms with E-state index < -0.39 is 5.82 Å². The van der Waals surface area contributed by atoms with Gasteiger partial charge in [-0.15, -0.1) is 0 Å². The van der Waals surface area contributed by atoms with E-state index in [1.165, 1.54) is 11.1 Å². The lowest BCUT2D eigenvalue weighted by Gasteiger charge is -2.25. The Labute approximate surface area is 125 Å². The highest BCUT2D eigenvalue weighted by Gasteiger charge is 2.21. The maximum absolute atomic E-state index is 13.8. The number of halogens is 1. The second kappa shape index (κ2) is 5.69. The molecule has 1 unspecified atom stereocenters. The van der Waals surface area contributed by atoms with Crippen molar-refractivity contribution in [3.05, 3.63) is 70.0 Å². The third-order valence-electron chi connectivity index (χ3n) is 4.50. The van der Waals surface area contributed by atoms with E-state index in [9.17, 15) is 4.39 Å². The molecule has 0 radical (unpaired) electrons. The molecule has 3 rings (SSSR count). The van der Waals surface area contributed by atoms with E-state index in [-0.39, 0.29) is 5.56 Å². The van der Waals surface area contributed by atoms with Gasteiger partial charge in [0.1, 0.15) is 11.9 Å². The lowest BCUT2D eigenvalue weighted by Crippen LogP contribution is -2.13. The van der Waals surface area contributed by atoms with E-state index in [1.54, 1.807) is 12.1 Å². The molecule has 0 N–H and O–H groups in total. The average Bonchev–Trinajstić information content (AvgIpc) is 2.53. The van der Waals surface area contributed by atoms with Crippen LogP contribution in [-0.4, -0.2) is 0 Å². The molecular weight excluding hydrogens is 261 g/mol. The summed E-state index contributed by atoms with van der Waals surface area (Å²) in [5.74, 6) is 0.0639. The minimum Gasteiger partial charge on any atom is -0.206 e. The molecule has 2 heteroatoms. The smallest absolute Gasteiger partial charge is 0.141 e. The maximum atomic E-state index is 13.8. The Morgan fingerprint density at radius 1 is 1.19 bits per heavy atom. The SMILES string of the molecule is CCc1ccc(C2CCc3cc(C#N)c(F)cc3C2)cc1. The summed E-state index contributed by atoms with van der Waals surface area (Å²) in [6.07, 6.45) is 3.90. The molecule has 106 valence electrons. The van der Waals surface area contributed by atoms with Gasteiger partial charge in [0.15, 0.2) is 0 Å². The van der Waals surface area contributed by atoms with Crippen molar-refractivity contribution in [1.82, 2.24) is 0 Å². The molecule has 2 aromatic rings. The third-order valence-corrected chi connectivity index (χ3v) is 4.50. The minimum atomic E-state index is -0.391. The Balaban J connectivity index is 1.87. The molecule has 1 nitrogen and oxygen atoms in total. The molecule has 0 fully saturated rings. The molecular formula is C19H18FN. The van der Waals surface area contributed by atoms with Crippen molar-refractivity contribution >= 4 is 0 Å². The van der Waals surface area contributed by atoms with Gasteiger partial charge >= 0.3 is 0 Å². The fourth-order valence-corrected chi connectivity index (χ4v) is 3.17. The molecule has 0 aliphatic heterocycles. The Morgan fingerprint density at radius 2 is 1.95 bits per heavy atom. The monoisotopic (exact) mass is 279 g/mol. The number of fused-ring (bicyclic) bond motifs is 1. The highest BCUT2D eigenvalue weighted by atomic mass is 19.1. The van der Waals surface area contributed by atoms with Gasteiger partial charge in [0.2, 0.25) is 0 Å². The van der Waals surface area contributed by atoms with Crippen LogP contribution in [0.2, 0.25) is 0 Å². The van der Waals surface area contributed by atoms with Gasteiger partial charge in [-0.3, -0.25) is 0 Å². The van der Waals surface area contributed by atoms with Crippen molar-refractivity contribution in [3.63, 3.8) is 0 Å². The van der Waals surface area contributed by atoms with E-state index in [0.29, 0.717) is 5.92 Å². The van der Waals surface area contributed by atoms with Gasteiger partial charge < -0.3 is 0 Å². The van der Waals surface area contributed by atoms with Crippen LogP contribution in [-0.2, 0) is 19.3 Å². The summed E-state index contributed by atoms with van der Waals surface area (Å²) in [7, 11) is 0. The molecule has 0 aromatic heterocycles. The lowest BCUT2D eigenvalue weighted by atomic mass is 9.79. The maximum Gasteiger partial charge on any atom is 0.141 e. The second-order valence-electron chi connectivity index (χ2n) is 5.75. The van der Waals surface area contributed by atoms with Crippen LogP contribution in [0.1, 0.15) is 47.1 Å². The molecule has 1 aliphatic carbocycles. The first-order valence-electron chi connectivity index (χ1n) is 7.51. The average molecular weight is 279 g/mol. The van der Waals surface area contributed by atoms with Crippen LogP contribution in [0.15, 0.2) is 36.4 Å². The van der Waals surface area contributed by atoms with Gasteiger partial charge in [0, 0.05) is 0 Å². The summed E-state index contributed by atoms with van der Waals surface area (Å²) in [5, 5.41) is 8.91. The van der Waals surface area contributed by atoms with Crippen LogP contribution in [0.3, 0.4) is 0 Å². The predicted octanol–water partition coefficient (Wildman–Crippen LogP) is 4.53. The molecule has 1 atom stereocenters.